The maximum atomic E-state index is 11.9. The summed E-state index contributed by atoms with van der Waals surface area (Å²) in [5, 5.41) is 19.5. The Morgan fingerprint density at radius 1 is 1.25 bits per heavy atom. The molecule has 6 heteroatoms. The molecule has 0 atom stereocenters. The Labute approximate surface area is 116 Å². The van der Waals surface area contributed by atoms with Gasteiger partial charge < -0.3 is 10.4 Å². The van der Waals surface area contributed by atoms with Crippen molar-refractivity contribution in [3.05, 3.63) is 51.4 Å². The van der Waals surface area contributed by atoms with Crippen LogP contribution >= 0.6 is 0 Å². The number of aryl methyl sites for hydroxylation is 1. The Kier molecular flexibility index (Phi) is 4.84. The van der Waals surface area contributed by atoms with Crippen LogP contribution in [-0.4, -0.2) is 33.4 Å². The molecule has 1 heterocycles. The summed E-state index contributed by atoms with van der Waals surface area (Å²) in [7, 11) is 0. The van der Waals surface area contributed by atoms with Crippen molar-refractivity contribution < 1.29 is 5.11 Å². The van der Waals surface area contributed by atoms with Crippen LogP contribution in [0.3, 0.4) is 0 Å². The van der Waals surface area contributed by atoms with Gasteiger partial charge in [0.05, 0.1) is 0 Å². The van der Waals surface area contributed by atoms with E-state index in [1.807, 2.05) is 31.2 Å². The molecule has 20 heavy (non-hydrogen) atoms. The number of aliphatic hydroxyl groups is 1. The van der Waals surface area contributed by atoms with Gasteiger partial charge in [0.1, 0.15) is 5.69 Å². The van der Waals surface area contributed by atoms with Gasteiger partial charge in [-0.3, -0.25) is 9.78 Å². The number of H-pyrrole nitrogens is 1. The van der Waals surface area contributed by atoms with E-state index in [-0.39, 0.29) is 12.2 Å². The normalized spacial score (nSPS) is 10.5. The van der Waals surface area contributed by atoms with Crippen LogP contribution in [0.1, 0.15) is 23.2 Å². The van der Waals surface area contributed by atoms with Crippen molar-refractivity contribution >= 4 is 5.95 Å². The Morgan fingerprint density at radius 3 is 2.65 bits per heavy atom. The maximum absolute atomic E-state index is 11.9. The monoisotopic (exact) mass is 274 g/mol. The largest absolute Gasteiger partial charge is 0.396 e. The minimum absolute atomic E-state index is 0.0934. The molecule has 1 aromatic heterocycles. The third-order valence-electron chi connectivity index (χ3n) is 2.88. The molecule has 2 aromatic rings. The fourth-order valence-corrected chi connectivity index (χ4v) is 1.74. The smallest absolute Gasteiger partial charge is 0.274 e. The van der Waals surface area contributed by atoms with Crippen LogP contribution in [0.15, 0.2) is 29.1 Å². The number of hydrogen-bond donors (Lipinski definition) is 3. The lowest BCUT2D eigenvalue weighted by Gasteiger charge is -2.04. The van der Waals surface area contributed by atoms with Crippen molar-refractivity contribution in [3.8, 4) is 0 Å². The molecule has 0 aliphatic heterocycles. The van der Waals surface area contributed by atoms with E-state index in [1.54, 1.807) is 0 Å². The van der Waals surface area contributed by atoms with Gasteiger partial charge in [0.15, 0.2) is 0 Å². The number of nitrogens with zero attached hydrogens (tertiary/aromatic N) is 2. The molecule has 0 bridgehead atoms. The number of hydrogen-bond acceptors (Lipinski definition) is 5. The van der Waals surface area contributed by atoms with Crippen LogP contribution in [0, 0.1) is 6.92 Å². The third-order valence-corrected chi connectivity index (χ3v) is 2.88. The predicted octanol–water partition coefficient (Wildman–Crippen LogP) is 0.858. The van der Waals surface area contributed by atoms with Crippen molar-refractivity contribution in [2.24, 2.45) is 0 Å². The highest BCUT2D eigenvalue weighted by atomic mass is 16.3. The van der Waals surface area contributed by atoms with Gasteiger partial charge in [-0.1, -0.05) is 29.8 Å². The molecule has 2 rings (SSSR count). The highest BCUT2D eigenvalue weighted by molar-refractivity contribution is 5.26. The van der Waals surface area contributed by atoms with Crippen LogP contribution < -0.4 is 10.9 Å². The van der Waals surface area contributed by atoms with Crippen LogP contribution in [0.25, 0.3) is 0 Å². The van der Waals surface area contributed by atoms with Crippen LogP contribution in [-0.2, 0) is 6.42 Å². The number of anilines is 1. The standard InChI is InChI=1S/C14H18N4O2/c1-10-3-5-11(6-4-10)9-12-13(20)16-14(18-17-12)15-7-2-8-19/h3-6,19H,2,7-9H2,1H3,(H2,15,16,18,20). The van der Waals surface area contributed by atoms with E-state index < -0.39 is 0 Å². The summed E-state index contributed by atoms with van der Waals surface area (Å²) >= 11 is 0. The van der Waals surface area contributed by atoms with E-state index in [4.69, 9.17) is 5.11 Å². The van der Waals surface area contributed by atoms with E-state index in [9.17, 15) is 4.79 Å². The van der Waals surface area contributed by atoms with Gasteiger partial charge in [0.2, 0.25) is 5.95 Å². The predicted molar refractivity (Wildman–Crippen MR) is 76.8 cm³/mol. The second-order valence-electron chi connectivity index (χ2n) is 4.62. The average Bonchev–Trinajstić information content (AvgIpc) is 2.44. The van der Waals surface area contributed by atoms with Crippen molar-refractivity contribution in [1.82, 2.24) is 15.2 Å². The quantitative estimate of drug-likeness (QED) is 0.680. The molecular formula is C14H18N4O2. The summed E-state index contributed by atoms with van der Waals surface area (Å²) in [6, 6.07) is 7.96. The van der Waals surface area contributed by atoms with Gasteiger partial charge in [-0.15, -0.1) is 10.2 Å². The molecule has 1 aromatic carbocycles. The van der Waals surface area contributed by atoms with Crippen LogP contribution in [0.4, 0.5) is 5.95 Å². The fourth-order valence-electron chi connectivity index (χ4n) is 1.74. The molecule has 0 amide bonds. The Bertz CT molecular complexity index is 607. The molecule has 0 aliphatic carbocycles. The molecule has 0 fully saturated rings. The maximum Gasteiger partial charge on any atom is 0.274 e. The van der Waals surface area contributed by atoms with E-state index in [1.165, 1.54) is 5.56 Å². The fraction of sp³-hybridized carbons (Fsp3) is 0.357. The summed E-state index contributed by atoms with van der Waals surface area (Å²) in [4.78, 5) is 14.5. The van der Waals surface area contributed by atoms with E-state index in [0.29, 0.717) is 31.0 Å². The van der Waals surface area contributed by atoms with Gasteiger partial charge in [-0.05, 0) is 18.9 Å². The number of nitrogens with one attached hydrogen (secondary N) is 2. The SMILES string of the molecule is Cc1ccc(Cc2nnc(NCCCO)[nH]c2=O)cc1. The first-order valence-electron chi connectivity index (χ1n) is 6.55. The first-order chi connectivity index (χ1) is 9.69. The topological polar surface area (TPSA) is 90.9 Å². The first-order valence-corrected chi connectivity index (χ1v) is 6.55. The lowest BCUT2D eigenvalue weighted by Crippen LogP contribution is -2.20. The van der Waals surface area contributed by atoms with Gasteiger partial charge in [0.25, 0.3) is 5.56 Å². The zero-order chi connectivity index (χ0) is 14.4. The third kappa shape index (κ3) is 3.89. The van der Waals surface area contributed by atoms with Crippen molar-refractivity contribution in [2.45, 2.75) is 19.8 Å². The number of aromatic amines is 1. The molecule has 0 saturated heterocycles. The molecule has 0 aliphatic rings. The van der Waals surface area contributed by atoms with Crippen LogP contribution in [0.2, 0.25) is 0 Å². The lowest BCUT2D eigenvalue weighted by molar-refractivity contribution is 0.292. The molecule has 0 saturated carbocycles. The van der Waals surface area contributed by atoms with E-state index in [0.717, 1.165) is 5.56 Å². The van der Waals surface area contributed by atoms with Crippen molar-refractivity contribution in [3.63, 3.8) is 0 Å². The van der Waals surface area contributed by atoms with E-state index in [2.05, 4.69) is 20.5 Å². The average molecular weight is 274 g/mol. The molecular weight excluding hydrogens is 256 g/mol. The number of benzene rings is 1. The summed E-state index contributed by atoms with van der Waals surface area (Å²) in [5.41, 5.74) is 2.35. The molecule has 6 nitrogen and oxygen atoms in total. The van der Waals surface area contributed by atoms with Gasteiger partial charge in [0, 0.05) is 19.6 Å². The first kappa shape index (κ1) is 14.2. The summed E-state index contributed by atoms with van der Waals surface area (Å²) in [6.45, 7) is 2.65. The lowest BCUT2D eigenvalue weighted by atomic mass is 10.1. The van der Waals surface area contributed by atoms with Crippen LogP contribution in [0.5, 0.6) is 0 Å². The van der Waals surface area contributed by atoms with E-state index >= 15 is 0 Å². The summed E-state index contributed by atoms with van der Waals surface area (Å²) in [5.74, 6) is 0.330. The number of aromatic nitrogens is 3. The highest BCUT2D eigenvalue weighted by Gasteiger charge is 2.05. The molecule has 0 unspecified atom stereocenters. The minimum atomic E-state index is -0.243. The summed E-state index contributed by atoms with van der Waals surface area (Å²) < 4.78 is 0. The zero-order valence-corrected chi connectivity index (χ0v) is 11.4. The summed E-state index contributed by atoms with van der Waals surface area (Å²) in [6.07, 6.45) is 1.05. The second kappa shape index (κ2) is 6.81. The second-order valence-corrected chi connectivity index (χ2v) is 4.62. The van der Waals surface area contributed by atoms with Gasteiger partial charge in [-0.2, -0.15) is 0 Å². The van der Waals surface area contributed by atoms with Crippen molar-refractivity contribution in [1.29, 1.82) is 0 Å². The Balaban J connectivity index is 2.06. The molecule has 3 N–H and O–H groups in total. The highest BCUT2D eigenvalue weighted by Crippen LogP contribution is 2.06. The molecule has 0 spiro atoms. The molecule has 106 valence electrons. The number of rotatable bonds is 6. The number of aliphatic hydroxyl groups excluding tert-OH is 1. The Hall–Kier alpha value is -2.21. The van der Waals surface area contributed by atoms with Gasteiger partial charge in [-0.25, -0.2) is 0 Å². The van der Waals surface area contributed by atoms with Gasteiger partial charge >= 0.3 is 0 Å². The zero-order valence-electron chi connectivity index (χ0n) is 11.4. The molecule has 0 radical (unpaired) electrons. The minimum Gasteiger partial charge on any atom is -0.396 e. The Morgan fingerprint density at radius 2 is 2.00 bits per heavy atom. The van der Waals surface area contributed by atoms with Crippen molar-refractivity contribution in [2.75, 3.05) is 18.5 Å².